The molecule has 5 nitrogen and oxygen atoms in total. The van der Waals surface area contributed by atoms with Crippen molar-refractivity contribution in [2.75, 3.05) is 11.9 Å². The van der Waals surface area contributed by atoms with Crippen molar-refractivity contribution < 1.29 is 9.90 Å². The molecule has 2 aromatic carbocycles. The molecule has 2 rings (SSSR count). The predicted octanol–water partition coefficient (Wildman–Crippen LogP) is 3.50. The first kappa shape index (κ1) is 17.8. The highest BCUT2D eigenvalue weighted by molar-refractivity contribution is 6.31. The first-order valence-electron chi connectivity index (χ1n) is 7.48. The molecule has 0 heterocycles. The summed E-state index contributed by atoms with van der Waals surface area (Å²) in [5.41, 5.74) is 2.05. The Labute approximate surface area is 145 Å². The Morgan fingerprint density at radius 2 is 2.00 bits per heavy atom. The fourth-order valence-electron chi connectivity index (χ4n) is 2.22. The molecule has 0 aliphatic heterocycles. The molecule has 0 fully saturated rings. The van der Waals surface area contributed by atoms with E-state index in [2.05, 4.69) is 16.7 Å². The minimum atomic E-state index is -0.621. The molecule has 0 aliphatic rings. The number of carbonyl (C=O) groups is 1. The van der Waals surface area contributed by atoms with Gasteiger partial charge in [0.15, 0.2) is 0 Å². The highest BCUT2D eigenvalue weighted by Crippen LogP contribution is 2.31. The maximum atomic E-state index is 11.7. The minimum absolute atomic E-state index is 0.155. The molecule has 124 valence electrons. The van der Waals surface area contributed by atoms with Crippen molar-refractivity contribution in [3.8, 4) is 6.07 Å². The van der Waals surface area contributed by atoms with E-state index in [0.29, 0.717) is 16.3 Å². The molecule has 0 aliphatic carbocycles. The van der Waals surface area contributed by atoms with Crippen LogP contribution in [0.25, 0.3) is 0 Å². The lowest BCUT2D eigenvalue weighted by atomic mass is 9.92. The van der Waals surface area contributed by atoms with Gasteiger partial charge in [-0.05, 0) is 30.2 Å². The van der Waals surface area contributed by atoms with E-state index in [-0.39, 0.29) is 6.54 Å². The summed E-state index contributed by atoms with van der Waals surface area (Å²) in [4.78, 5) is 11.7. The van der Waals surface area contributed by atoms with E-state index in [1.807, 2.05) is 30.3 Å². The van der Waals surface area contributed by atoms with Crippen LogP contribution in [-0.4, -0.2) is 23.8 Å². The number of aliphatic hydroxyl groups is 1. The van der Waals surface area contributed by atoms with Gasteiger partial charge >= 0.3 is 6.03 Å². The van der Waals surface area contributed by atoms with Crippen LogP contribution in [-0.2, 0) is 0 Å². The highest BCUT2D eigenvalue weighted by atomic mass is 35.5. The minimum Gasteiger partial charge on any atom is -0.392 e. The Kier molecular flexibility index (Phi) is 6.19. The first-order chi connectivity index (χ1) is 11.5. The van der Waals surface area contributed by atoms with Gasteiger partial charge in [0.1, 0.15) is 0 Å². The summed E-state index contributed by atoms with van der Waals surface area (Å²) in [6.45, 7) is 1.74. The maximum absolute atomic E-state index is 11.7. The zero-order valence-corrected chi connectivity index (χ0v) is 13.9. The van der Waals surface area contributed by atoms with Crippen LogP contribution in [0.4, 0.5) is 10.5 Å². The topological polar surface area (TPSA) is 85.2 Å². The molecule has 2 amide bonds. The highest BCUT2D eigenvalue weighted by Gasteiger charge is 2.17. The maximum Gasteiger partial charge on any atom is 0.319 e. The molecular formula is C18H18ClN3O2. The van der Waals surface area contributed by atoms with Gasteiger partial charge in [-0.1, -0.05) is 48.0 Å². The number of benzene rings is 2. The van der Waals surface area contributed by atoms with Crippen LogP contribution in [0.2, 0.25) is 5.02 Å². The number of carbonyl (C=O) groups excluding carboxylic acids is 1. The van der Waals surface area contributed by atoms with Crippen molar-refractivity contribution >= 4 is 23.3 Å². The molecule has 24 heavy (non-hydrogen) atoms. The molecule has 2 atom stereocenters. The molecule has 0 aromatic heterocycles. The number of nitrogens with zero attached hydrogens (tertiary/aromatic N) is 1. The summed E-state index contributed by atoms with van der Waals surface area (Å²) in [7, 11) is 0. The lowest BCUT2D eigenvalue weighted by molar-refractivity contribution is 0.190. The molecule has 0 saturated carbocycles. The number of anilines is 1. The second kappa shape index (κ2) is 8.34. The summed E-state index contributed by atoms with van der Waals surface area (Å²) in [6, 6.07) is 16.2. The van der Waals surface area contributed by atoms with Crippen molar-refractivity contribution in [3.63, 3.8) is 0 Å². The van der Waals surface area contributed by atoms with Gasteiger partial charge in [0, 0.05) is 17.3 Å². The molecular weight excluding hydrogens is 326 g/mol. The lowest BCUT2D eigenvalue weighted by Crippen LogP contribution is -2.34. The van der Waals surface area contributed by atoms with Crippen molar-refractivity contribution in [2.45, 2.75) is 18.9 Å². The molecule has 0 spiro atoms. The molecule has 2 aromatic rings. The second-order valence-electron chi connectivity index (χ2n) is 5.39. The number of rotatable bonds is 5. The zero-order chi connectivity index (χ0) is 17.5. The molecule has 3 N–H and O–H groups in total. The average molecular weight is 344 g/mol. The molecule has 0 bridgehead atoms. The Morgan fingerprint density at radius 3 is 2.58 bits per heavy atom. The average Bonchev–Trinajstić information content (AvgIpc) is 2.56. The molecule has 0 unspecified atom stereocenters. The number of hydrogen-bond donors (Lipinski definition) is 3. The molecule has 0 radical (unpaired) electrons. The van der Waals surface area contributed by atoms with Crippen molar-refractivity contribution in [1.29, 1.82) is 5.26 Å². The van der Waals surface area contributed by atoms with Crippen LogP contribution in [0.3, 0.4) is 0 Å². The van der Waals surface area contributed by atoms with Crippen LogP contribution in [0.15, 0.2) is 48.5 Å². The van der Waals surface area contributed by atoms with E-state index in [1.165, 1.54) is 0 Å². The van der Waals surface area contributed by atoms with E-state index in [1.54, 1.807) is 25.1 Å². The van der Waals surface area contributed by atoms with Gasteiger partial charge in [-0.3, -0.25) is 0 Å². The zero-order valence-electron chi connectivity index (χ0n) is 13.2. The van der Waals surface area contributed by atoms with Crippen molar-refractivity contribution in [2.24, 2.45) is 0 Å². The Balaban J connectivity index is 2.15. The first-order valence-corrected chi connectivity index (χ1v) is 7.86. The van der Waals surface area contributed by atoms with Crippen LogP contribution in [0.5, 0.6) is 0 Å². The summed E-state index contributed by atoms with van der Waals surface area (Å²) in [5.74, 6) is -0.475. The van der Waals surface area contributed by atoms with Gasteiger partial charge in [-0.25, -0.2) is 4.79 Å². The third kappa shape index (κ3) is 4.72. The van der Waals surface area contributed by atoms with Gasteiger partial charge in [0.2, 0.25) is 0 Å². The van der Waals surface area contributed by atoms with Gasteiger partial charge in [0.05, 0.1) is 18.1 Å². The van der Waals surface area contributed by atoms with E-state index in [4.69, 9.17) is 16.7 Å². The van der Waals surface area contributed by atoms with Gasteiger partial charge in [0.25, 0.3) is 0 Å². The van der Waals surface area contributed by atoms with Crippen molar-refractivity contribution in [1.82, 2.24) is 5.32 Å². The SMILES string of the molecule is C[C@@H](O)CNC(=O)Nc1ccc([C@@H](C#N)c2ccccc2)c(Cl)c1. The number of amides is 2. The summed E-state index contributed by atoms with van der Waals surface area (Å²) < 4.78 is 0. The standard InChI is InChI=1S/C18H18ClN3O2/c1-12(23)11-21-18(24)22-14-7-8-15(17(19)9-14)16(10-20)13-5-3-2-4-6-13/h2-9,12,16,23H,11H2,1H3,(H2,21,22,24)/t12-,16+/m1/s1. The van der Waals surface area contributed by atoms with Crippen LogP contribution in [0.1, 0.15) is 24.0 Å². The number of urea groups is 1. The second-order valence-corrected chi connectivity index (χ2v) is 5.80. The predicted molar refractivity (Wildman–Crippen MR) is 94.1 cm³/mol. The largest absolute Gasteiger partial charge is 0.392 e. The van der Waals surface area contributed by atoms with E-state index < -0.39 is 18.1 Å². The Morgan fingerprint density at radius 1 is 1.29 bits per heavy atom. The smallest absolute Gasteiger partial charge is 0.319 e. The molecule has 0 saturated heterocycles. The summed E-state index contributed by atoms with van der Waals surface area (Å²) >= 11 is 6.30. The van der Waals surface area contributed by atoms with E-state index in [9.17, 15) is 10.1 Å². The number of aliphatic hydroxyl groups excluding tert-OH is 1. The van der Waals surface area contributed by atoms with Crippen molar-refractivity contribution in [3.05, 3.63) is 64.7 Å². The Hall–Kier alpha value is -2.55. The summed E-state index contributed by atoms with van der Waals surface area (Å²) in [5, 5.41) is 24.2. The molecule has 6 heteroatoms. The van der Waals surface area contributed by atoms with Crippen LogP contribution < -0.4 is 10.6 Å². The normalized spacial score (nSPS) is 12.8. The quantitative estimate of drug-likeness (QED) is 0.776. The van der Waals surface area contributed by atoms with E-state index >= 15 is 0 Å². The number of hydrogen-bond acceptors (Lipinski definition) is 3. The monoisotopic (exact) mass is 343 g/mol. The van der Waals surface area contributed by atoms with Gasteiger partial charge in [-0.15, -0.1) is 0 Å². The van der Waals surface area contributed by atoms with Gasteiger partial charge in [-0.2, -0.15) is 5.26 Å². The Bertz CT molecular complexity index is 742. The van der Waals surface area contributed by atoms with Crippen LogP contribution in [0, 0.1) is 11.3 Å². The number of nitrogens with one attached hydrogen (secondary N) is 2. The number of halogens is 1. The van der Waals surface area contributed by atoms with Crippen LogP contribution >= 0.6 is 11.6 Å². The lowest BCUT2D eigenvalue weighted by Gasteiger charge is -2.14. The summed E-state index contributed by atoms with van der Waals surface area (Å²) in [6.07, 6.45) is -0.621. The fraction of sp³-hybridized carbons (Fsp3) is 0.222. The van der Waals surface area contributed by atoms with Gasteiger partial charge < -0.3 is 15.7 Å². The third-order valence-corrected chi connectivity index (χ3v) is 3.72. The van der Waals surface area contributed by atoms with E-state index in [0.717, 1.165) is 5.56 Å². The fourth-order valence-corrected chi connectivity index (χ4v) is 2.51. The third-order valence-electron chi connectivity index (χ3n) is 3.39. The number of nitriles is 1.